The Kier molecular flexibility index (Phi) is 4.47. The van der Waals surface area contributed by atoms with Crippen LogP contribution < -0.4 is 10.1 Å². The minimum Gasteiger partial charge on any atom is -0.486 e. The van der Waals surface area contributed by atoms with E-state index in [0.717, 1.165) is 16.5 Å². The number of anilines is 2. The van der Waals surface area contributed by atoms with Crippen molar-refractivity contribution in [2.45, 2.75) is 0 Å². The van der Waals surface area contributed by atoms with Crippen molar-refractivity contribution in [3.05, 3.63) is 47.6 Å². The third-order valence-corrected chi connectivity index (χ3v) is 4.41. The first kappa shape index (κ1) is 17.0. The number of aryl methyl sites for hydroxylation is 1. The molecule has 0 saturated heterocycles. The molecule has 0 radical (unpaired) electrons. The zero-order valence-corrected chi connectivity index (χ0v) is 15.1. The van der Waals surface area contributed by atoms with Gasteiger partial charge < -0.3 is 10.1 Å². The van der Waals surface area contributed by atoms with Crippen LogP contribution in [0.2, 0.25) is 5.02 Å². The Morgan fingerprint density at radius 3 is 2.85 bits per heavy atom. The Balaban J connectivity index is 1.59. The summed E-state index contributed by atoms with van der Waals surface area (Å²) in [7, 11) is 1.80. The van der Waals surface area contributed by atoms with Crippen LogP contribution in [0.4, 0.5) is 11.6 Å². The summed E-state index contributed by atoms with van der Waals surface area (Å²) in [6.07, 6.45) is 2.39. The lowest BCUT2D eigenvalue weighted by Crippen LogP contribution is -2.00. The van der Waals surface area contributed by atoms with E-state index in [9.17, 15) is 4.79 Å². The molecule has 136 valence electrons. The van der Waals surface area contributed by atoms with Crippen molar-refractivity contribution in [3.8, 4) is 17.1 Å². The van der Waals surface area contributed by atoms with Crippen LogP contribution in [0.3, 0.4) is 0 Å². The number of carbonyl (C=O) groups is 1. The fourth-order valence-electron chi connectivity index (χ4n) is 2.65. The van der Waals surface area contributed by atoms with Crippen LogP contribution in [0.15, 0.2) is 42.6 Å². The molecule has 0 saturated carbocycles. The molecule has 9 heteroatoms. The Hall–Kier alpha value is -3.39. The predicted octanol–water partition coefficient (Wildman–Crippen LogP) is 3.33. The van der Waals surface area contributed by atoms with E-state index in [-0.39, 0.29) is 6.61 Å². The first-order chi connectivity index (χ1) is 13.2. The predicted molar refractivity (Wildman–Crippen MR) is 102 cm³/mol. The van der Waals surface area contributed by atoms with Gasteiger partial charge in [0, 0.05) is 18.0 Å². The second-order valence-corrected chi connectivity index (χ2v) is 6.15. The summed E-state index contributed by atoms with van der Waals surface area (Å²) in [4.78, 5) is 14.9. The smallest absolute Gasteiger partial charge is 0.225 e. The van der Waals surface area contributed by atoms with Gasteiger partial charge in [0.15, 0.2) is 12.1 Å². The molecule has 0 amide bonds. The molecule has 27 heavy (non-hydrogen) atoms. The fraction of sp³-hybridized carbons (Fsp3) is 0.111. The highest BCUT2D eigenvalue weighted by molar-refractivity contribution is 6.38. The van der Waals surface area contributed by atoms with Crippen LogP contribution in [0.25, 0.3) is 22.3 Å². The van der Waals surface area contributed by atoms with Crippen molar-refractivity contribution >= 4 is 40.4 Å². The van der Waals surface area contributed by atoms with Crippen LogP contribution in [-0.4, -0.2) is 37.9 Å². The van der Waals surface area contributed by atoms with Crippen LogP contribution in [0.5, 0.6) is 5.75 Å². The van der Waals surface area contributed by atoms with Gasteiger partial charge in [-0.25, -0.2) is 4.68 Å². The summed E-state index contributed by atoms with van der Waals surface area (Å²) in [5.41, 5.74) is 2.40. The third-order valence-electron chi connectivity index (χ3n) is 4.00. The van der Waals surface area contributed by atoms with E-state index in [1.54, 1.807) is 30.1 Å². The van der Waals surface area contributed by atoms with Crippen molar-refractivity contribution in [1.29, 1.82) is 0 Å². The monoisotopic (exact) mass is 382 g/mol. The Morgan fingerprint density at radius 2 is 2.07 bits per heavy atom. The summed E-state index contributed by atoms with van der Waals surface area (Å²) in [6.45, 7) is 0.0248. The maximum absolute atomic E-state index is 10.4. The molecule has 4 aromatic rings. The molecule has 0 aliphatic rings. The van der Waals surface area contributed by atoms with Gasteiger partial charge in [0.2, 0.25) is 5.95 Å². The van der Waals surface area contributed by atoms with Crippen molar-refractivity contribution < 1.29 is 9.53 Å². The molecular formula is C18H15ClN6O2. The van der Waals surface area contributed by atoms with E-state index in [4.69, 9.17) is 16.3 Å². The standard InChI is InChI=1S/C18H15ClN6O2/c1-25-18(21-15-7-6-14-13(16(15)19)10-20-23-14)22-17(24-25)11-2-4-12(5-3-11)27-9-8-26/h2-8,10H,9H2,1H3,(H,20,23)(H,21,22,24). The first-order valence-corrected chi connectivity index (χ1v) is 8.50. The summed E-state index contributed by atoms with van der Waals surface area (Å²) in [5.74, 6) is 1.72. The van der Waals surface area contributed by atoms with Gasteiger partial charge >= 0.3 is 0 Å². The van der Waals surface area contributed by atoms with Crippen LogP contribution in [-0.2, 0) is 11.8 Å². The maximum Gasteiger partial charge on any atom is 0.225 e. The van der Waals surface area contributed by atoms with E-state index in [1.165, 1.54) is 0 Å². The van der Waals surface area contributed by atoms with E-state index in [1.807, 2.05) is 24.3 Å². The number of H-pyrrole nitrogens is 1. The lowest BCUT2D eigenvalue weighted by atomic mass is 10.2. The molecule has 0 unspecified atom stereocenters. The number of rotatable bonds is 6. The molecule has 4 rings (SSSR count). The number of benzene rings is 2. The van der Waals surface area contributed by atoms with Crippen molar-refractivity contribution in [2.75, 3.05) is 11.9 Å². The molecule has 0 atom stereocenters. The number of aromatic nitrogens is 5. The fourth-order valence-corrected chi connectivity index (χ4v) is 2.91. The van der Waals surface area contributed by atoms with E-state index >= 15 is 0 Å². The van der Waals surface area contributed by atoms with Crippen LogP contribution >= 0.6 is 11.6 Å². The highest BCUT2D eigenvalue weighted by Crippen LogP contribution is 2.32. The summed E-state index contributed by atoms with van der Waals surface area (Å²) < 4.78 is 6.89. The number of aldehydes is 1. The van der Waals surface area contributed by atoms with Crippen molar-refractivity contribution in [1.82, 2.24) is 25.0 Å². The molecular weight excluding hydrogens is 368 g/mol. The quantitative estimate of drug-likeness (QED) is 0.496. The largest absolute Gasteiger partial charge is 0.486 e. The molecule has 2 heterocycles. The van der Waals surface area contributed by atoms with E-state index < -0.39 is 0 Å². The van der Waals surface area contributed by atoms with Gasteiger partial charge in [0.1, 0.15) is 12.4 Å². The normalized spacial score (nSPS) is 10.9. The zero-order valence-electron chi connectivity index (χ0n) is 14.3. The lowest BCUT2D eigenvalue weighted by Gasteiger charge is -2.07. The Bertz CT molecular complexity index is 1100. The molecule has 8 nitrogen and oxygen atoms in total. The van der Waals surface area contributed by atoms with Gasteiger partial charge in [-0.15, -0.1) is 5.10 Å². The number of hydrogen-bond acceptors (Lipinski definition) is 6. The number of halogens is 1. The molecule has 2 aromatic carbocycles. The Labute approximate surface area is 159 Å². The van der Waals surface area contributed by atoms with Gasteiger partial charge in [0.05, 0.1) is 22.4 Å². The van der Waals surface area contributed by atoms with E-state index in [2.05, 4.69) is 25.6 Å². The molecule has 0 bridgehead atoms. The second-order valence-electron chi connectivity index (χ2n) is 5.77. The minimum atomic E-state index is 0.0248. The zero-order chi connectivity index (χ0) is 18.8. The third kappa shape index (κ3) is 3.34. The average Bonchev–Trinajstić information content (AvgIpc) is 3.30. The minimum absolute atomic E-state index is 0.0248. The topological polar surface area (TPSA) is 97.7 Å². The highest BCUT2D eigenvalue weighted by Gasteiger charge is 2.13. The number of carbonyl (C=O) groups excluding carboxylic acids is 1. The maximum atomic E-state index is 10.4. The van der Waals surface area contributed by atoms with Crippen LogP contribution in [0, 0.1) is 0 Å². The van der Waals surface area contributed by atoms with Gasteiger partial charge in [-0.05, 0) is 36.4 Å². The van der Waals surface area contributed by atoms with Gasteiger partial charge in [-0.1, -0.05) is 11.6 Å². The van der Waals surface area contributed by atoms with Crippen molar-refractivity contribution in [3.63, 3.8) is 0 Å². The number of fused-ring (bicyclic) bond motifs is 1. The van der Waals surface area contributed by atoms with Crippen molar-refractivity contribution in [2.24, 2.45) is 7.05 Å². The van der Waals surface area contributed by atoms with Gasteiger partial charge in [0.25, 0.3) is 0 Å². The number of nitrogens with zero attached hydrogens (tertiary/aromatic N) is 4. The van der Waals surface area contributed by atoms with Crippen LogP contribution in [0.1, 0.15) is 0 Å². The summed E-state index contributed by atoms with van der Waals surface area (Å²) in [6, 6.07) is 11.0. The molecule has 2 N–H and O–H groups in total. The number of aromatic amines is 1. The SMILES string of the molecule is Cn1nc(-c2ccc(OCC=O)cc2)nc1Nc1ccc2[nH]ncc2c1Cl. The summed E-state index contributed by atoms with van der Waals surface area (Å²) in [5, 5.41) is 15.9. The van der Waals surface area contributed by atoms with E-state index in [0.29, 0.717) is 34.5 Å². The lowest BCUT2D eigenvalue weighted by molar-refractivity contribution is -0.109. The van der Waals surface area contributed by atoms with Gasteiger partial charge in [-0.3, -0.25) is 9.89 Å². The molecule has 2 aromatic heterocycles. The highest BCUT2D eigenvalue weighted by atomic mass is 35.5. The first-order valence-electron chi connectivity index (χ1n) is 8.12. The molecule has 0 aliphatic carbocycles. The van der Waals surface area contributed by atoms with Gasteiger partial charge in [-0.2, -0.15) is 10.1 Å². The molecule has 0 spiro atoms. The number of nitrogens with one attached hydrogen (secondary N) is 2. The number of hydrogen-bond donors (Lipinski definition) is 2. The molecule has 0 fully saturated rings. The second kappa shape index (κ2) is 7.08. The summed E-state index contributed by atoms with van der Waals surface area (Å²) >= 11 is 6.45. The number of ether oxygens (including phenoxy) is 1. The average molecular weight is 383 g/mol. The molecule has 0 aliphatic heterocycles. The Morgan fingerprint density at radius 1 is 1.26 bits per heavy atom.